The van der Waals surface area contributed by atoms with Crippen LogP contribution in [0, 0.1) is 108 Å². The molecule has 28 nitrogen and oxygen atoms in total. The Bertz CT molecular complexity index is 3150. The number of nitrogens with zero attached hydrogens (tertiary/aromatic N) is 12. The summed E-state index contributed by atoms with van der Waals surface area (Å²) < 4.78 is 23.3. The topological polar surface area (TPSA) is 366 Å². The number of carbonyl (C=O) groups excluding carboxylic acids is 4. The van der Waals surface area contributed by atoms with E-state index >= 15 is 0 Å². The second kappa shape index (κ2) is 27.8. The second-order valence-electron chi connectivity index (χ2n) is 28.7. The molecule has 0 unspecified atom stereocenters. The Balaban J connectivity index is 1.32. The van der Waals surface area contributed by atoms with Crippen molar-refractivity contribution in [1.29, 1.82) is 15.8 Å². The van der Waals surface area contributed by atoms with Gasteiger partial charge in [-0.25, -0.2) is 24.0 Å². The fourth-order valence-electron chi connectivity index (χ4n) is 14.4. The highest BCUT2D eigenvalue weighted by Gasteiger charge is 2.50. The van der Waals surface area contributed by atoms with Crippen LogP contribution < -0.4 is 0 Å². The van der Waals surface area contributed by atoms with Crippen molar-refractivity contribution in [3.63, 3.8) is 0 Å². The van der Waals surface area contributed by atoms with Crippen LogP contribution in [-0.4, -0.2) is 142 Å². The monoisotopic (exact) mass is 1280 g/mol. The highest BCUT2D eigenvalue weighted by Crippen LogP contribution is 2.50. The van der Waals surface area contributed by atoms with Crippen LogP contribution in [-0.2, 0) is 38.1 Å². The predicted molar refractivity (Wildman–Crippen MR) is 329 cm³/mol. The number of hydrogen-bond donors (Lipinski definition) is 0. The second-order valence-corrected chi connectivity index (χ2v) is 28.7. The molecule has 0 aromatic heterocycles. The number of nitro groups is 4. The van der Waals surface area contributed by atoms with Crippen LogP contribution in [0.2, 0.25) is 0 Å². The summed E-state index contributed by atoms with van der Waals surface area (Å²) in [5.41, 5.74) is -10.8. The van der Waals surface area contributed by atoms with Crippen molar-refractivity contribution < 1.29 is 57.8 Å². The van der Waals surface area contributed by atoms with Gasteiger partial charge in [0.2, 0.25) is 5.70 Å². The molecule has 28 heteroatoms. The predicted octanol–water partition coefficient (Wildman–Crippen LogP) is 9.40. The van der Waals surface area contributed by atoms with Gasteiger partial charge in [-0.1, -0.05) is 55.4 Å². The van der Waals surface area contributed by atoms with E-state index in [0.717, 1.165) is 51.4 Å². The minimum absolute atomic E-state index is 0.162. The molecule has 0 amide bonds. The van der Waals surface area contributed by atoms with Crippen LogP contribution in [0.25, 0.3) is 4.85 Å². The van der Waals surface area contributed by atoms with Crippen molar-refractivity contribution in [3.8, 4) is 18.2 Å². The summed E-state index contributed by atoms with van der Waals surface area (Å²) in [6.07, 6.45) is 6.46. The van der Waals surface area contributed by atoms with E-state index in [1.807, 2.05) is 19.6 Å². The van der Waals surface area contributed by atoms with Crippen LogP contribution in [0.1, 0.15) is 158 Å². The number of allylic oxidation sites excluding steroid dienone is 11. The van der Waals surface area contributed by atoms with E-state index in [4.69, 9.17) is 25.5 Å². The molecule has 0 bridgehead atoms. The number of rotatable bonds is 20. The first-order chi connectivity index (χ1) is 43.8. The quantitative estimate of drug-likeness (QED) is 0.0273. The van der Waals surface area contributed by atoms with E-state index < -0.39 is 120 Å². The van der Waals surface area contributed by atoms with Crippen LogP contribution in [0.4, 0.5) is 0 Å². The summed E-state index contributed by atoms with van der Waals surface area (Å²) in [4.78, 5) is 120. The van der Waals surface area contributed by atoms with Crippen molar-refractivity contribution in [2.24, 2.45) is 27.1 Å². The molecule has 8 rings (SSSR count). The Labute approximate surface area is 539 Å². The molecule has 4 aliphatic carbocycles. The maximum absolute atomic E-state index is 14.9. The van der Waals surface area contributed by atoms with Gasteiger partial charge in [-0.3, -0.25) is 40.5 Å². The Kier molecular flexibility index (Phi) is 20.8. The summed E-state index contributed by atoms with van der Waals surface area (Å²) >= 11 is 0. The van der Waals surface area contributed by atoms with E-state index in [0.29, 0.717) is 101 Å². The molecule has 0 aromatic carbocycles. The lowest BCUT2D eigenvalue weighted by molar-refractivity contribution is -0.423. The lowest BCUT2D eigenvalue weighted by Gasteiger charge is -2.37. The highest BCUT2D eigenvalue weighted by molar-refractivity contribution is 5.90. The first-order valence-corrected chi connectivity index (χ1v) is 31.5. The van der Waals surface area contributed by atoms with Crippen molar-refractivity contribution in [3.05, 3.63) is 142 Å². The standard InChI is InChI=1S/C65H80N12O16/c1-61(2)26-41(45(34-66)48(30-61)70-18-10-11-19-70)53(74(82)83)57(78)90-37-65(38-91-58(79)54(75(84)85)42-27-62(3,4)31-49(46(42)35-67)71-20-12-13-21-71,39-92-59(80)55(76(86)87)43-28-63(5,6)32-50(47(43)36-68)72-22-14-15-23-72)40-93-60(81)56(77(88)89)44-29-64(7,8)33-51(52(44)69-9)73-24-16-17-25-73/h10-33,37-40H2,1-8H3/b53-41-,54-42-,55-43+,56-44-. The summed E-state index contributed by atoms with van der Waals surface area (Å²) in [6.45, 7) is 21.1. The zero-order valence-electron chi connectivity index (χ0n) is 54.2. The van der Waals surface area contributed by atoms with Crippen LogP contribution in [0.5, 0.6) is 0 Å². The maximum atomic E-state index is 14.9. The molecule has 8 aliphatic rings. The van der Waals surface area contributed by atoms with Gasteiger partial charge in [-0.15, -0.1) is 0 Å². The zero-order valence-corrected chi connectivity index (χ0v) is 54.2. The Morgan fingerprint density at radius 3 is 0.860 bits per heavy atom. The van der Waals surface area contributed by atoms with Crippen LogP contribution in [0.3, 0.4) is 0 Å². The molecule has 496 valence electrons. The van der Waals surface area contributed by atoms with Crippen LogP contribution in [0.15, 0.2) is 90.3 Å². The lowest BCUT2D eigenvalue weighted by Crippen LogP contribution is -2.45. The maximum Gasteiger partial charge on any atom is 0.410 e. The summed E-state index contributed by atoms with van der Waals surface area (Å²) in [5.74, 6) is -6.94. The minimum Gasteiger partial charge on any atom is -0.457 e. The molecule has 0 saturated carbocycles. The Morgan fingerprint density at radius 1 is 0.419 bits per heavy atom. The van der Waals surface area contributed by atoms with Crippen molar-refractivity contribution in [1.82, 2.24) is 19.6 Å². The fourth-order valence-corrected chi connectivity index (χ4v) is 14.4. The summed E-state index contributed by atoms with van der Waals surface area (Å²) in [5, 5.41) is 85.7. The Morgan fingerprint density at radius 2 is 0.634 bits per heavy atom. The molecule has 93 heavy (non-hydrogen) atoms. The average Bonchev–Trinajstić information content (AvgIpc) is 1.54. The third-order valence-electron chi connectivity index (χ3n) is 18.6. The van der Waals surface area contributed by atoms with Gasteiger partial charge in [-0.05, 0) is 124 Å². The smallest absolute Gasteiger partial charge is 0.410 e. The largest absolute Gasteiger partial charge is 0.457 e. The number of ether oxygens (including phenoxy) is 4. The minimum atomic E-state index is -2.71. The van der Waals surface area contributed by atoms with E-state index in [1.165, 1.54) is 0 Å². The SMILES string of the molecule is [C-]#[N+]C1=C(N2CCCC2)CC(C)(C)C/C1=C(\C(=O)OCC(COC(=O)/C(=C1\CC(C)(C)CC(N2CCCC2)=C1C#N)[N+](=O)[O-])(COC(=O)/C(=C1\CC(C)(C)CC(N2CCCC2)=C1C#N)[N+](=O)[O-])COC(=O)/C(=C1/CC(C)(C)CC(N2CCCC2)=C1C#N)[N+](=O)[O-])[N+](=O)[O-]. The highest BCUT2D eigenvalue weighted by atomic mass is 16.7. The number of carbonyl (C=O) groups is 4. The molecule has 4 aliphatic heterocycles. The van der Waals surface area contributed by atoms with Gasteiger partial charge in [0, 0.05) is 80.7 Å². The van der Waals surface area contributed by atoms with Gasteiger partial charge in [-0.2, -0.15) is 15.8 Å². The molecular weight excluding hydrogens is 1200 g/mol. The Hall–Kier alpha value is -9.44. The van der Waals surface area contributed by atoms with E-state index in [2.05, 4.69) is 23.1 Å². The van der Waals surface area contributed by atoms with Crippen molar-refractivity contribution in [2.75, 3.05) is 78.8 Å². The summed E-state index contributed by atoms with van der Waals surface area (Å²) in [6, 6.07) is 6.16. The van der Waals surface area contributed by atoms with Gasteiger partial charge in [0.1, 0.15) is 50.1 Å². The molecule has 0 radical (unpaired) electrons. The van der Waals surface area contributed by atoms with Gasteiger partial charge in [0.15, 0.2) is 0 Å². The van der Waals surface area contributed by atoms with E-state index in [1.54, 1.807) is 55.4 Å². The van der Waals surface area contributed by atoms with E-state index in [9.17, 15) is 75.4 Å². The molecule has 4 heterocycles. The number of hydrogen-bond acceptors (Lipinski definition) is 23. The fraction of sp³-hybridized carbons (Fsp3) is 0.631. The molecule has 0 atom stereocenters. The van der Waals surface area contributed by atoms with Gasteiger partial charge in [0.25, 0.3) is 0 Å². The molecule has 0 aromatic rings. The van der Waals surface area contributed by atoms with E-state index in [-0.39, 0.29) is 70.4 Å². The summed E-state index contributed by atoms with van der Waals surface area (Å²) in [7, 11) is 0. The number of esters is 4. The van der Waals surface area contributed by atoms with Gasteiger partial charge in [0.05, 0.1) is 59.7 Å². The van der Waals surface area contributed by atoms with Gasteiger partial charge >= 0.3 is 46.7 Å². The van der Waals surface area contributed by atoms with Crippen LogP contribution >= 0.6 is 0 Å². The molecule has 0 N–H and O–H groups in total. The van der Waals surface area contributed by atoms with Crippen molar-refractivity contribution in [2.45, 2.75) is 158 Å². The molecule has 4 fully saturated rings. The molecule has 0 spiro atoms. The zero-order chi connectivity index (χ0) is 68.1. The number of nitriles is 3. The average molecular weight is 1290 g/mol. The molecular formula is C65H80N12O16. The molecule has 4 saturated heterocycles. The third-order valence-corrected chi connectivity index (χ3v) is 18.6. The first-order valence-electron chi connectivity index (χ1n) is 31.5. The van der Waals surface area contributed by atoms with Crippen molar-refractivity contribution >= 4 is 23.9 Å². The third kappa shape index (κ3) is 15.4. The normalized spacial score (nSPS) is 23.3. The lowest BCUT2D eigenvalue weighted by atomic mass is 9.73. The number of likely N-dealkylation sites (tertiary alicyclic amines) is 4. The van der Waals surface area contributed by atoms with Gasteiger partial charge < -0.3 is 38.5 Å². The first kappa shape index (κ1) is 69.4.